The molecule has 2 aromatic rings. The molecular weight excluding hydrogens is 253 g/mol. The van der Waals surface area contributed by atoms with E-state index in [1.807, 2.05) is 19.1 Å². The molecule has 0 bridgehead atoms. The topological polar surface area (TPSA) is 37.8 Å². The monoisotopic (exact) mass is 271 g/mol. The second-order valence-electron chi connectivity index (χ2n) is 5.21. The lowest BCUT2D eigenvalue weighted by atomic mass is 10.0. The van der Waals surface area contributed by atoms with Gasteiger partial charge in [-0.3, -0.25) is 0 Å². The molecule has 0 saturated heterocycles. The summed E-state index contributed by atoms with van der Waals surface area (Å²) < 4.78 is 13.7. The number of aromatic nitrogens is 2. The summed E-state index contributed by atoms with van der Waals surface area (Å²) >= 11 is 0. The number of anilines is 1. The minimum Gasteiger partial charge on any atom is -0.370 e. The molecule has 0 radical (unpaired) electrons. The summed E-state index contributed by atoms with van der Waals surface area (Å²) in [7, 11) is 0. The minimum absolute atomic E-state index is 0.195. The average Bonchev–Trinajstić information content (AvgIpc) is 3.26. The molecule has 1 saturated carbocycles. The first kappa shape index (κ1) is 13.0. The first-order valence-electron chi connectivity index (χ1n) is 7.07. The van der Waals surface area contributed by atoms with Crippen molar-refractivity contribution in [2.24, 2.45) is 0 Å². The zero-order chi connectivity index (χ0) is 14.1. The molecule has 1 N–H and O–H groups in total. The molecule has 0 atom stereocenters. The SMILES string of the molecule is CCNc1cc(-c2cccc(F)c2C)nc(C2CC2)n1. The average molecular weight is 271 g/mol. The Morgan fingerprint density at radius 3 is 2.80 bits per heavy atom. The molecule has 4 heteroatoms. The highest BCUT2D eigenvalue weighted by Gasteiger charge is 2.27. The van der Waals surface area contributed by atoms with E-state index in [1.54, 1.807) is 13.0 Å². The number of nitrogens with zero attached hydrogens (tertiary/aromatic N) is 2. The smallest absolute Gasteiger partial charge is 0.134 e. The van der Waals surface area contributed by atoms with Gasteiger partial charge in [-0.05, 0) is 38.3 Å². The van der Waals surface area contributed by atoms with Crippen molar-refractivity contribution >= 4 is 5.82 Å². The van der Waals surface area contributed by atoms with Crippen LogP contribution in [0.25, 0.3) is 11.3 Å². The molecule has 3 nitrogen and oxygen atoms in total. The van der Waals surface area contributed by atoms with Crippen LogP contribution in [0.1, 0.15) is 37.1 Å². The van der Waals surface area contributed by atoms with Gasteiger partial charge in [-0.15, -0.1) is 0 Å². The third kappa shape index (κ3) is 2.50. The maximum atomic E-state index is 13.7. The van der Waals surface area contributed by atoms with Gasteiger partial charge in [0.2, 0.25) is 0 Å². The lowest BCUT2D eigenvalue weighted by Gasteiger charge is -2.11. The molecule has 1 heterocycles. The first-order chi connectivity index (χ1) is 9.69. The minimum atomic E-state index is -0.195. The van der Waals surface area contributed by atoms with Crippen LogP contribution >= 0.6 is 0 Å². The number of hydrogen-bond acceptors (Lipinski definition) is 3. The van der Waals surface area contributed by atoms with Crippen LogP contribution < -0.4 is 5.32 Å². The fraction of sp³-hybridized carbons (Fsp3) is 0.375. The van der Waals surface area contributed by atoms with Gasteiger partial charge < -0.3 is 5.32 Å². The molecule has 3 rings (SSSR count). The lowest BCUT2D eigenvalue weighted by molar-refractivity contribution is 0.619. The van der Waals surface area contributed by atoms with Gasteiger partial charge in [0.15, 0.2) is 0 Å². The Bertz CT molecular complexity index is 636. The highest BCUT2D eigenvalue weighted by atomic mass is 19.1. The van der Waals surface area contributed by atoms with Crippen LogP contribution in [0.4, 0.5) is 10.2 Å². The summed E-state index contributed by atoms with van der Waals surface area (Å²) in [5.41, 5.74) is 2.28. The molecule has 0 aliphatic heterocycles. The normalized spacial score (nSPS) is 14.3. The Hall–Kier alpha value is -1.97. The fourth-order valence-corrected chi connectivity index (χ4v) is 2.28. The van der Waals surface area contributed by atoms with E-state index in [9.17, 15) is 4.39 Å². The molecule has 0 unspecified atom stereocenters. The zero-order valence-electron chi connectivity index (χ0n) is 11.8. The van der Waals surface area contributed by atoms with E-state index in [0.717, 1.165) is 42.3 Å². The van der Waals surface area contributed by atoms with Crippen molar-refractivity contribution in [2.75, 3.05) is 11.9 Å². The van der Waals surface area contributed by atoms with E-state index < -0.39 is 0 Å². The van der Waals surface area contributed by atoms with Gasteiger partial charge >= 0.3 is 0 Å². The zero-order valence-corrected chi connectivity index (χ0v) is 11.8. The van der Waals surface area contributed by atoms with Gasteiger partial charge in [0.05, 0.1) is 5.69 Å². The van der Waals surface area contributed by atoms with Crippen LogP contribution in [0.5, 0.6) is 0 Å². The largest absolute Gasteiger partial charge is 0.370 e. The van der Waals surface area contributed by atoms with Gasteiger partial charge in [-0.1, -0.05) is 12.1 Å². The van der Waals surface area contributed by atoms with E-state index in [-0.39, 0.29) is 5.82 Å². The molecule has 0 amide bonds. The molecule has 104 valence electrons. The quantitative estimate of drug-likeness (QED) is 0.916. The maximum absolute atomic E-state index is 13.7. The standard InChI is InChI=1S/C16H18FN3/c1-3-18-15-9-14(19-16(20-15)11-7-8-11)12-5-4-6-13(17)10(12)2/h4-6,9,11H,3,7-8H2,1-2H3,(H,18,19,20). The first-order valence-corrected chi connectivity index (χ1v) is 7.07. The number of rotatable bonds is 4. The predicted octanol–water partition coefficient (Wildman–Crippen LogP) is 3.90. The van der Waals surface area contributed by atoms with E-state index >= 15 is 0 Å². The van der Waals surface area contributed by atoms with Crippen molar-refractivity contribution in [1.82, 2.24) is 9.97 Å². The number of hydrogen-bond donors (Lipinski definition) is 1. The molecule has 1 fully saturated rings. The number of halogens is 1. The Morgan fingerprint density at radius 1 is 1.30 bits per heavy atom. The number of nitrogens with one attached hydrogen (secondary N) is 1. The molecule has 1 aliphatic carbocycles. The van der Waals surface area contributed by atoms with Gasteiger partial charge in [-0.2, -0.15) is 0 Å². The molecule has 20 heavy (non-hydrogen) atoms. The van der Waals surface area contributed by atoms with Crippen LogP contribution in [0.3, 0.4) is 0 Å². The van der Waals surface area contributed by atoms with Crippen LogP contribution in [-0.4, -0.2) is 16.5 Å². The van der Waals surface area contributed by atoms with Gasteiger partial charge in [0.25, 0.3) is 0 Å². The van der Waals surface area contributed by atoms with Crippen LogP contribution in [0, 0.1) is 12.7 Å². The lowest BCUT2D eigenvalue weighted by Crippen LogP contribution is -2.04. The van der Waals surface area contributed by atoms with Crippen LogP contribution in [-0.2, 0) is 0 Å². The van der Waals surface area contributed by atoms with E-state index in [0.29, 0.717) is 11.5 Å². The Labute approximate surface area is 118 Å². The van der Waals surface area contributed by atoms with Crippen molar-refractivity contribution < 1.29 is 4.39 Å². The van der Waals surface area contributed by atoms with Crippen molar-refractivity contribution in [3.05, 3.63) is 41.5 Å². The second kappa shape index (κ2) is 5.19. The van der Waals surface area contributed by atoms with Crippen molar-refractivity contribution in [3.63, 3.8) is 0 Å². The fourth-order valence-electron chi connectivity index (χ4n) is 2.28. The van der Waals surface area contributed by atoms with E-state index in [1.165, 1.54) is 6.07 Å². The van der Waals surface area contributed by atoms with Gasteiger partial charge in [0, 0.05) is 24.1 Å². The van der Waals surface area contributed by atoms with E-state index in [2.05, 4.69) is 15.3 Å². The van der Waals surface area contributed by atoms with Crippen molar-refractivity contribution in [2.45, 2.75) is 32.6 Å². The third-order valence-electron chi connectivity index (χ3n) is 3.59. The summed E-state index contributed by atoms with van der Waals surface area (Å²) in [5, 5.41) is 3.23. The molecule has 0 spiro atoms. The Balaban J connectivity index is 2.09. The summed E-state index contributed by atoms with van der Waals surface area (Å²) in [5.74, 6) is 1.98. The highest BCUT2D eigenvalue weighted by Crippen LogP contribution is 2.39. The summed E-state index contributed by atoms with van der Waals surface area (Å²) in [6.45, 7) is 4.63. The van der Waals surface area contributed by atoms with Gasteiger partial charge in [0.1, 0.15) is 17.5 Å². The maximum Gasteiger partial charge on any atom is 0.134 e. The molecule has 1 aliphatic rings. The molecular formula is C16H18FN3. The summed E-state index contributed by atoms with van der Waals surface area (Å²) in [4.78, 5) is 9.18. The van der Waals surface area contributed by atoms with Crippen molar-refractivity contribution in [3.8, 4) is 11.3 Å². The molecule has 1 aromatic carbocycles. The third-order valence-corrected chi connectivity index (χ3v) is 3.59. The Kier molecular flexibility index (Phi) is 3.38. The van der Waals surface area contributed by atoms with Crippen LogP contribution in [0.2, 0.25) is 0 Å². The summed E-state index contributed by atoms with van der Waals surface area (Å²) in [6.07, 6.45) is 2.30. The Morgan fingerprint density at radius 2 is 2.10 bits per heavy atom. The predicted molar refractivity (Wildman–Crippen MR) is 78.3 cm³/mol. The van der Waals surface area contributed by atoms with Crippen molar-refractivity contribution in [1.29, 1.82) is 0 Å². The van der Waals surface area contributed by atoms with Crippen LogP contribution in [0.15, 0.2) is 24.3 Å². The number of benzene rings is 1. The molecule has 1 aromatic heterocycles. The highest BCUT2D eigenvalue weighted by molar-refractivity contribution is 5.66. The van der Waals surface area contributed by atoms with Gasteiger partial charge in [-0.25, -0.2) is 14.4 Å². The second-order valence-corrected chi connectivity index (χ2v) is 5.21. The van der Waals surface area contributed by atoms with E-state index in [4.69, 9.17) is 0 Å². The summed E-state index contributed by atoms with van der Waals surface area (Å²) in [6, 6.07) is 7.01.